The number of hydrogen-bond acceptors (Lipinski definition) is 4. The van der Waals surface area contributed by atoms with E-state index in [0.29, 0.717) is 17.2 Å². The number of carbonyl (C=O) groups is 1. The highest BCUT2D eigenvalue weighted by atomic mass is 35.5. The van der Waals surface area contributed by atoms with Crippen molar-refractivity contribution < 1.29 is 14.3 Å². The molecular formula is C15H25ClN2O3. The Labute approximate surface area is 132 Å². The van der Waals surface area contributed by atoms with Gasteiger partial charge in [0.1, 0.15) is 0 Å². The molecule has 3 N–H and O–H groups in total. The van der Waals surface area contributed by atoms with Gasteiger partial charge in [-0.1, -0.05) is 20.8 Å². The molecule has 6 heteroatoms. The number of nitrogens with one attached hydrogen (secondary N) is 1. The van der Waals surface area contributed by atoms with Crippen molar-refractivity contribution in [1.29, 1.82) is 0 Å². The first-order chi connectivity index (χ1) is 9.20. The third kappa shape index (κ3) is 4.79. The molecule has 1 aromatic rings. The van der Waals surface area contributed by atoms with Crippen LogP contribution < -0.4 is 20.5 Å². The van der Waals surface area contributed by atoms with Gasteiger partial charge in [0.2, 0.25) is 5.91 Å². The lowest BCUT2D eigenvalue weighted by molar-refractivity contribution is -0.119. The first-order valence-corrected chi connectivity index (χ1v) is 6.49. The second kappa shape index (κ2) is 7.52. The van der Waals surface area contributed by atoms with Gasteiger partial charge in [-0.3, -0.25) is 4.79 Å². The summed E-state index contributed by atoms with van der Waals surface area (Å²) in [5, 5.41) is 2.84. The average Bonchev–Trinajstić information content (AvgIpc) is 2.38. The Morgan fingerprint density at radius 1 is 1.19 bits per heavy atom. The van der Waals surface area contributed by atoms with Gasteiger partial charge in [0.05, 0.1) is 20.3 Å². The maximum Gasteiger partial charge on any atom is 0.241 e. The molecule has 0 aliphatic rings. The molecule has 0 fully saturated rings. The molecule has 120 valence electrons. The van der Waals surface area contributed by atoms with Crippen LogP contribution in [0.25, 0.3) is 0 Å². The molecular weight excluding hydrogens is 292 g/mol. The highest BCUT2D eigenvalue weighted by Gasteiger charge is 2.27. The number of anilines is 1. The van der Waals surface area contributed by atoms with Gasteiger partial charge in [-0.2, -0.15) is 0 Å². The zero-order valence-corrected chi connectivity index (χ0v) is 14.3. The standard InChI is InChI=1S/C15H24N2O3.ClH/c1-9-7-11(19-5)12(20-6)8-10(9)17-14(18)13(16)15(2,3)4;/h7-8,13H,16H2,1-6H3,(H,17,18);1H/t13-;/m1./s1. The van der Waals surface area contributed by atoms with Crippen molar-refractivity contribution in [3.8, 4) is 11.5 Å². The number of nitrogens with two attached hydrogens (primary N) is 1. The number of halogens is 1. The van der Waals surface area contributed by atoms with E-state index < -0.39 is 6.04 Å². The van der Waals surface area contributed by atoms with Crippen molar-refractivity contribution in [3.05, 3.63) is 17.7 Å². The molecule has 0 saturated heterocycles. The first kappa shape index (κ1) is 19.5. The van der Waals surface area contributed by atoms with E-state index in [1.54, 1.807) is 20.3 Å². The third-order valence-electron chi connectivity index (χ3n) is 3.20. The number of carbonyl (C=O) groups excluding carboxylic acids is 1. The van der Waals surface area contributed by atoms with Crippen LogP contribution in [-0.4, -0.2) is 26.2 Å². The lowest BCUT2D eigenvalue weighted by atomic mass is 9.87. The van der Waals surface area contributed by atoms with E-state index in [0.717, 1.165) is 5.56 Å². The van der Waals surface area contributed by atoms with Crippen molar-refractivity contribution in [2.24, 2.45) is 11.1 Å². The number of benzene rings is 1. The lowest BCUT2D eigenvalue weighted by Crippen LogP contribution is -2.45. The number of ether oxygens (including phenoxy) is 2. The van der Waals surface area contributed by atoms with Gasteiger partial charge >= 0.3 is 0 Å². The van der Waals surface area contributed by atoms with Gasteiger partial charge in [0.15, 0.2) is 11.5 Å². The minimum Gasteiger partial charge on any atom is -0.493 e. The molecule has 5 nitrogen and oxygen atoms in total. The molecule has 0 radical (unpaired) electrons. The number of amides is 1. The zero-order valence-electron chi connectivity index (χ0n) is 13.4. The Balaban J connectivity index is 0.00000400. The largest absolute Gasteiger partial charge is 0.493 e. The molecule has 21 heavy (non-hydrogen) atoms. The predicted molar refractivity (Wildman–Crippen MR) is 87.6 cm³/mol. The van der Waals surface area contributed by atoms with E-state index in [2.05, 4.69) is 5.32 Å². The van der Waals surface area contributed by atoms with Gasteiger partial charge in [0, 0.05) is 11.8 Å². The second-order valence-electron chi connectivity index (χ2n) is 5.86. The van der Waals surface area contributed by atoms with E-state index in [1.807, 2.05) is 33.8 Å². The second-order valence-corrected chi connectivity index (χ2v) is 5.86. The van der Waals surface area contributed by atoms with E-state index >= 15 is 0 Å². The minimum absolute atomic E-state index is 0. The van der Waals surface area contributed by atoms with Crippen LogP contribution in [0.15, 0.2) is 12.1 Å². The molecule has 1 amide bonds. The summed E-state index contributed by atoms with van der Waals surface area (Å²) >= 11 is 0. The number of methoxy groups -OCH3 is 2. The SMILES string of the molecule is COc1cc(C)c(NC(=O)[C@@H](N)C(C)(C)C)cc1OC.Cl. The minimum atomic E-state index is -0.588. The molecule has 0 spiro atoms. The van der Waals surface area contributed by atoms with Gasteiger partial charge < -0.3 is 20.5 Å². The summed E-state index contributed by atoms with van der Waals surface area (Å²) in [6, 6.07) is 2.97. The van der Waals surface area contributed by atoms with E-state index in [4.69, 9.17) is 15.2 Å². The van der Waals surface area contributed by atoms with Crippen LogP contribution in [0.1, 0.15) is 26.3 Å². The molecule has 0 aliphatic carbocycles. The molecule has 1 rings (SSSR count). The molecule has 0 heterocycles. The fourth-order valence-corrected chi connectivity index (χ4v) is 1.72. The summed E-state index contributed by atoms with van der Waals surface area (Å²) in [6.45, 7) is 7.68. The quantitative estimate of drug-likeness (QED) is 0.895. The van der Waals surface area contributed by atoms with Crippen molar-refractivity contribution in [3.63, 3.8) is 0 Å². The fourth-order valence-electron chi connectivity index (χ4n) is 1.72. The molecule has 0 aromatic heterocycles. The number of aryl methyl sites for hydroxylation is 1. The molecule has 0 aliphatic heterocycles. The van der Waals surface area contributed by atoms with Gasteiger partial charge in [-0.05, 0) is 24.0 Å². The number of hydrogen-bond donors (Lipinski definition) is 2. The third-order valence-corrected chi connectivity index (χ3v) is 3.20. The molecule has 0 saturated carbocycles. The normalized spacial score (nSPS) is 12.1. The van der Waals surface area contributed by atoms with Crippen LogP contribution in [-0.2, 0) is 4.79 Å². The summed E-state index contributed by atoms with van der Waals surface area (Å²) in [5.41, 5.74) is 7.21. The Hall–Kier alpha value is -1.46. The summed E-state index contributed by atoms with van der Waals surface area (Å²) in [4.78, 5) is 12.2. The maximum atomic E-state index is 12.2. The predicted octanol–water partition coefficient (Wildman–Crippen LogP) is 2.75. The van der Waals surface area contributed by atoms with Gasteiger partial charge in [-0.25, -0.2) is 0 Å². The van der Waals surface area contributed by atoms with Crippen LogP contribution in [0, 0.1) is 12.3 Å². The monoisotopic (exact) mass is 316 g/mol. The highest BCUT2D eigenvalue weighted by Crippen LogP contribution is 2.33. The van der Waals surface area contributed by atoms with Crippen LogP contribution >= 0.6 is 12.4 Å². The molecule has 1 aromatic carbocycles. The molecule has 0 bridgehead atoms. The molecule has 1 atom stereocenters. The van der Waals surface area contributed by atoms with E-state index in [9.17, 15) is 4.79 Å². The fraction of sp³-hybridized carbons (Fsp3) is 0.533. The Morgan fingerprint density at radius 3 is 2.10 bits per heavy atom. The van der Waals surface area contributed by atoms with Crippen LogP contribution in [0.4, 0.5) is 5.69 Å². The van der Waals surface area contributed by atoms with Crippen LogP contribution in [0.2, 0.25) is 0 Å². The van der Waals surface area contributed by atoms with Gasteiger partial charge in [-0.15, -0.1) is 12.4 Å². The van der Waals surface area contributed by atoms with Crippen molar-refractivity contribution >= 4 is 24.0 Å². The maximum absolute atomic E-state index is 12.2. The van der Waals surface area contributed by atoms with Crippen molar-refractivity contribution in [2.45, 2.75) is 33.7 Å². The highest BCUT2D eigenvalue weighted by molar-refractivity contribution is 5.96. The Kier molecular flexibility index (Phi) is 7.00. The van der Waals surface area contributed by atoms with Crippen LogP contribution in [0.5, 0.6) is 11.5 Å². The average molecular weight is 317 g/mol. The summed E-state index contributed by atoms with van der Waals surface area (Å²) in [6.07, 6.45) is 0. The zero-order chi connectivity index (χ0) is 15.5. The Morgan fingerprint density at radius 2 is 1.67 bits per heavy atom. The summed E-state index contributed by atoms with van der Waals surface area (Å²) < 4.78 is 10.4. The summed E-state index contributed by atoms with van der Waals surface area (Å²) in [5.74, 6) is 0.980. The van der Waals surface area contributed by atoms with Gasteiger partial charge in [0.25, 0.3) is 0 Å². The molecule has 0 unspecified atom stereocenters. The van der Waals surface area contributed by atoms with Crippen molar-refractivity contribution in [1.82, 2.24) is 0 Å². The number of rotatable bonds is 4. The Bertz CT molecular complexity index is 498. The lowest BCUT2D eigenvalue weighted by Gasteiger charge is -2.26. The topological polar surface area (TPSA) is 73.6 Å². The van der Waals surface area contributed by atoms with E-state index in [-0.39, 0.29) is 23.7 Å². The smallest absolute Gasteiger partial charge is 0.241 e. The summed E-state index contributed by atoms with van der Waals surface area (Å²) in [7, 11) is 3.13. The van der Waals surface area contributed by atoms with E-state index in [1.165, 1.54) is 0 Å². The van der Waals surface area contributed by atoms with Crippen molar-refractivity contribution in [2.75, 3.05) is 19.5 Å². The first-order valence-electron chi connectivity index (χ1n) is 6.49. The van der Waals surface area contributed by atoms with Crippen LogP contribution in [0.3, 0.4) is 0 Å².